The molecule has 0 spiro atoms. The second kappa shape index (κ2) is 7.98. The van der Waals surface area contributed by atoms with Crippen molar-refractivity contribution in [3.63, 3.8) is 0 Å². The van der Waals surface area contributed by atoms with Crippen LogP contribution in [0.4, 0.5) is 5.69 Å². The van der Waals surface area contributed by atoms with Crippen LogP contribution in [0.15, 0.2) is 77.3 Å². The summed E-state index contributed by atoms with van der Waals surface area (Å²) in [4.78, 5) is 15.6. The molecule has 4 rings (SSSR count). The smallest absolute Gasteiger partial charge is 0.258 e. The van der Waals surface area contributed by atoms with Crippen LogP contribution in [0.25, 0.3) is 22.8 Å². The van der Waals surface area contributed by atoms with Crippen molar-refractivity contribution in [3.05, 3.63) is 78.4 Å². The number of benzene rings is 3. The highest BCUT2D eigenvalue weighted by Crippen LogP contribution is 2.27. The van der Waals surface area contributed by atoms with E-state index in [4.69, 9.17) is 9.26 Å². The number of amides is 1. The summed E-state index contributed by atoms with van der Waals surface area (Å²) in [6.45, 7) is 3.49. The van der Waals surface area contributed by atoms with E-state index < -0.39 is 0 Å². The second-order valence-electron chi connectivity index (χ2n) is 6.62. The number of nitrogens with one attached hydrogen (secondary N) is 1. The minimum atomic E-state index is -0.118. The van der Waals surface area contributed by atoms with Crippen LogP contribution in [0.1, 0.15) is 12.5 Å². The fourth-order valence-corrected chi connectivity index (χ4v) is 2.84. The summed E-state index contributed by atoms with van der Waals surface area (Å²) in [5.74, 6) is 2.31. The fraction of sp³-hybridized carbons (Fsp3) is 0.0870. The van der Waals surface area contributed by atoms with Gasteiger partial charge in [0.2, 0.25) is 11.7 Å². The summed E-state index contributed by atoms with van der Waals surface area (Å²) < 4.78 is 11.3. The lowest BCUT2D eigenvalue weighted by Crippen LogP contribution is -2.05. The highest BCUT2D eigenvalue weighted by Gasteiger charge is 2.11. The Labute approximate surface area is 168 Å². The van der Waals surface area contributed by atoms with Gasteiger partial charge in [-0.2, -0.15) is 4.98 Å². The molecule has 1 N–H and O–H groups in total. The van der Waals surface area contributed by atoms with Crippen molar-refractivity contribution in [1.29, 1.82) is 0 Å². The van der Waals surface area contributed by atoms with Crippen molar-refractivity contribution < 1.29 is 14.1 Å². The zero-order valence-corrected chi connectivity index (χ0v) is 16.0. The molecule has 0 aliphatic heterocycles. The Balaban J connectivity index is 1.48. The Morgan fingerprint density at radius 3 is 2.34 bits per heavy atom. The van der Waals surface area contributed by atoms with Gasteiger partial charge in [0.15, 0.2) is 0 Å². The second-order valence-corrected chi connectivity index (χ2v) is 6.62. The first-order chi connectivity index (χ1) is 14.1. The molecule has 1 amide bonds. The molecule has 29 heavy (non-hydrogen) atoms. The summed E-state index contributed by atoms with van der Waals surface area (Å²) >= 11 is 0. The Morgan fingerprint density at radius 2 is 1.66 bits per heavy atom. The standard InChI is InChI=1S/C23H19N3O3/c1-15-4-3-5-21(14-15)28-20-12-8-17(9-13-20)22-25-23(29-26-22)18-6-10-19(11-7-18)24-16(2)27/h3-14H,1-2H3,(H,24,27). The predicted molar refractivity (Wildman–Crippen MR) is 111 cm³/mol. The van der Waals surface area contributed by atoms with Gasteiger partial charge in [-0.1, -0.05) is 17.3 Å². The topological polar surface area (TPSA) is 77.2 Å². The molecule has 1 heterocycles. The molecule has 4 aromatic rings. The van der Waals surface area contributed by atoms with Crippen LogP contribution in [0.2, 0.25) is 0 Å². The van der Waals surface area contributed by atoms with Crippen LogP contribution in [0, 0.1) is 6.92 Å². The van der Waals surface area contributed by atoms with Crippen LogP contribution in [0.3, 0.4) is 0 Å². The third kappa shape index (κ3) is 4.50. The number of hydrogen-bond acceptors (Lipinski definition) is 5. The highest BCUT2D eigenvalue weighted by atomic mass is 16.5. The third-order valence-electron chi connectivity index (χ3n) is 4.22. The first-order valence-corrected chi connectivity index (χ1v) is 9.13. The van der Waals surface area contributed by atoms with Gasteiger partial charge >= 0.3 is 0 Å². The van der Waals surface area contributed by atoms with E-state index in [2.05, 4.69) is 15.5 Å². The molecule has 144 valence electrons. The molecular formula is C23H19N3O3. The fourth-order valence-electron chi connectivity index (χ4n) is 2.84. The number of carbonyl (C=O) groups excluding carboxylic acids is 1. The number of anilines is 1. The molecule has 0 aliphatic carbocycles. The summed E-state index contributed by atoms with van der Waals surface area (Å²) in [5, 5.41) is 6.78. The number of carbonyl (C=O) groups is 1. The molecule has 0 fully saturated rings. The van der Waals surface area contributed by atoms with Crippen molar-refractivity contribution in [3.8, 4) is 34.3 Å². The number of hydrogen-bond donors (Lipinski definition) is 1. The monoisotopic (exact) mass is 385 g/mol. The van der Waals surface area contributed by atoms with E-state index in [9.17, 15) is 4.79 Å². The van der Waals surface area contributed by atoms with E-state index >= 15 is 0 Å². The molecule has 1 aromatic heterocycles. The van der Waals surface area contributed by atoms with Crippen LogP contribution in [-0.4, -0.2) is 16.0 Å². The average Bonchev–Trinajstić information content (AvgIpc) is 3.19. The molecule has 0 saturated carbocycles. The maximum atomic E-state index is 11.1. The van der Waals surface area contributed by atoms with Crippen molar-refractivity contribution in [2.75, 3.05) is 5.32 Å². The minimum Gasteiger partial charge on any atom is -0.457 e. The first-order valence-electron chi connectivity index (χ1n) is 9.13. The molecule has 0 radical (unpaired) electrons. The maximum Gasteiger partial charge on any atom is 0.258 e. The van der Waals surface area contributed by atoms with Crippen molar-refractivity contribution in [2.45, 2.75) is 13.8 Å². The number of ether oxygens (including phenoxy) is 1. The molecule has 3 aromatic carbocycles. The lowest BCUT2D eigenvalue weighted by molar-refractivity contribution is -0.114. The summed E-state index contributed by atoms with van der Waals surface area (Å²) in [6.07, 6.45) is 0. The third-order valence-corrected chi connectivity index (χ3v) is 4.22. The van der Waals surface area contributed by atoms with Crippen LogP contribution in [-0.2, 0) is 4.79 Å². The van der Waals surface area contributed by atoms with E-state index in [0.29, 0.717) is 17.4 Å². The van der Waals surface area contributed by atoms with Crippen molar-refractivity contribution in [2.24, 2.45) is 0 Å². The SMILES string of the molecule is CC(=O)Nc1ccc(-c2nc(-c3ccc(Oc4cccc(C)c4)cc3)no2)cc1. The summed E-state index contributed by atoms with van der Waals surface area (Å²) in [5.41, 5.74) is 3.46. The largest absolute Gasteiger partial charge is 0.457 e. The molecule has 0 saturated heterocycles. The minimum absolute atomic E-state index is 0.118. The van der Waals surface area contributed by atoms with E-state index in [1.807, 2.05) is 67.6 Å². The van der Waals surface area contributed by atoms with Gasteiger partial charge in [-0.05, 0) is 73.2 Å². The highest BCUT2D eigenvalue weighted by molar-refractivity contribution is 5.88. The van der Waals surface area contributed by atoms with Gasteiger partial charge in [0, 0.05) is 23.7 Å². The van der Waals surface area contributed by atoms with Gasteiger partial charge in [-0.15, -0.1) is 0 Å². The van der Waals surface area contributed by atoms with E-state index in [-0.39, 0.29) is 5.91 Å². The lowest BCUT2D eigenvalue weighted by atomic mass is 10.2. The lowest BCUT2D eigenvalue weighted by Gasteiger charge is -2.06. The van der Waals surface area contributed by atoms with Gasteiger partial charge in [-0.25, -0.2) is 0 Å². The molecular weight excluding hydrogens is 366 g/mol. The maximum absolute atomic E-state index is 11.1. The van der Waals surface area contributed by atoms with Gasteiger partial charge in [0.05, 0.1) is 0 Å². The summed E-state index contributed by atoms with van der Waals surface area (Å²) in [7, 11) is 0. The number of aryl methyl sites for hydroxylation is 1. The van der Waals surface area contributed by atoms with Crippen molar-refractivity contribution >= 4 is 11.6 Å². The Hall–Kier alpha value is -3.93. The van der Waals surface area contributed by atoms with E-state index in [1.54, 1.807) is 12.1 Å². The van der Waals surface area contributed by atoms with E-state index in [0.717, 1.165) is 28.2 Å². The van der Waals surface area contributed by atoms with Crippen molar-refractivity contribution in [1.82, 2.24) is 10.1 Å². The van der Waals surface area contributed by atoms with Gasteiger partial charge in [0.1, 0.15) is 11.5 Å². The summed E-state index contributed by atoms with van der Waals surface area (Å²) in [6, 6.07) is 22.6. The van der Waals surface area contributed by atoms with Gasteiger partial charge < -0.3 is 14.6 Å². The molecule has 6 heteroatoms. The first kappa shape index (κ1) is 18.4. The van der Waals surface area contributed by atoms with Crippen LogP contribution < -0.4 is 10.1 Å². The molecule has 6 nitrogen and oxygen atoms in total. The molecule has 0 bridgehead atoms. The zero-order valence-electron chi connectivity index (χ0n) is 16.0. The molecule has 0 aliphatic rings. The number of rotatable bonds is 5. The Bertz CT molecular complexity index is 1130. The molecule has 0 atom stereocenters. The van der Waals surface area contributed by atoms with E-state index in [1.165, 1.54) is 6.92 Å². The normalized spacial score (nSPS) is 10.6. The average molecular weight is 385 g/mol. The predicted octanol–water partition coefficient (Wildman–Crippen LogP) is 5.46. The van der Waals surface area contributed by atoms with Crippen LogP contribution in [0.5, 0.6) is 11.5 Å². The Kier molecular flexibility index (Phi) is 5.07. The van der Waals surface area contributed by atoms with Crippen LogP contribution >= 0.6 is 0 Å². The molecule has 0 unspecified atom stereocenters. The van der Waals surface area contributed by atoms with Gasteiger partial charge in [0.25, 0.3) is 5.89 Å². The zero-order chi connectivity index (χ0) is 20.2. The van der Waals surface area contributed by atoms with Gasteiger partial charge in [-0.3, -0.25) is 4.79 Å². The number of aromatic nitrogens is 2. The Morgan fingerprint density at radius 1 is 0.931 bits per heavy atom. The number of nitrogens with zero attached hydrogens (tertiary/aromatic N) is 2. The quantitative estimate of drug-likeness (QED) is 0.493.